The average Bonchev–Trinajstić information content (AvgIpc) is 2.66. The summed E-state index contributed by atoms with van der Waals surface area (Å²) in [5, 5.41) is 14.3. The van der Waals surface area contributed by atoms with Crippen LogP contribution in [0.25, 0.3) is 0 Å². The molecule has 3 amide bonds. The molecule has 0 unspecified atom stereocenters. The predicted octanol–water partition coefficient (Wildman–Crippen LogP) is 2.49. The van der Waals surface area contributed by atoms with Crippen molar-refractivity contribution in [2.24, 2.45) is 5.73 Å². The highest BCUT2D eigenvalue weighted by molar-refractivity contribution is 6.31. The van der Waals surface area contributed by atoms with Gasteiger partial charge in [0.1, 0.15) is 6.07 Å². The zero-order chi connectivity index (χ0) is 20.5. The lowest BCUT2D eigenvalue weighted by atomic mass is 10.0. The van der Waals surface area contributed by atoms with E-state index in [0.29, 0.717) is 16.3 Å². The van der Waals surface area contributed by atoms with Crippen LogP contribution in [0.5, 0.6) is 0 Å². The Morgan fingerprint density at radius 3 is 2.50 bits per heavy atom. The van der Waals surface area contributed by atoms with Crippen LogP contribution in [-0.4, -0.2) is 24.5 Å². The number of nitrogens with two attached hydrogens (primary N) is 1. The van der Waals surface area contributed by atoms with E-state index in [0.717, 1.165) is 0 Å². The first-order chi connectivity index (χ1) is 13.4. The Kier molecular flexibility index (Phi) is 7.37. The number of halogens is 1. The monoisotopic (exact) mass is 400 g/mol. The lowest BCUT2D eigenvalue weighted by Gasteiger charge is -2.18. The summed E-state index contributed by atoms with van der Waals surface area (Å²) in [5.74, 6) is -1.34. The molecule has 0 fully saturated rings. The highest BCUT2D eigenvalue weighted by Gasteiger charge is 2.21. The summed E-state index contributed by atoms with van der Waals surface area (Å²) in [6.45, 7) is -0.551. The van der Waals surface area contributed by atoms with Crippen LogP contribution < -0.4 is 16.4 Å². The number of nitrogens with zero attached hydrogens (tertiary/aromatic N) is 1. The van der Waals surface area contributed by atoms with E-state index in [-0.39, 0.29) is 12.0 Å². The summed E-state index contributed by atoms with van der Waals surface area (Å²) in [6, 6.07) is 13.4. The number of carbonyl (C=O) groups is 3. The molecule has 0 aliphatic rings. The van der Waals surface area contributed by atoms with Crippen molar-refractivity contribution in [2.45, 2.75) is 12.5 Å². The van der Waals surface area contributed by atoms with Gasteiger partial charge in [-0.15, -0.1) is 0 Å². The van der Waals surface area contributed by atoms with Crippen molar-refractivity contribution in [3.63, 3.8) is 0 Å². The number of nitrogens with one attached hydrogen (secondary N) is 2. The minimum atomic E-state index is -0.830. The molecule has 0 saturated carbocycles. The highest BCUT2D eigenvalue weighted by atomic mass is 35.5. The number of rotatable bonds is 7. The van der Waals surface area contributed by atoms with Crippen molar-refractivity contribution in [1.82, 2.24) is 5.32 Å². The van der Waals surface area contributed by atoms with Gasteiger partial charge in [0, 0.05) is 5.02 Å². The van der Waals surface area contributed by atoms with Gasteiger partial charge in [-0.2, -0.15) is 5.26 Å². The van der Waals surface area contributed by atoms with Gasteiger partial charge in [-0.3, -0.25) is 9.59 Å². The molecule has 0 aliphatic carbocycles. The summed E-state index contributed by atoms with van der Waals surface area (Å²) in [7, 11) is 0. The molecule has 28 heavy (non-hydrogen) atoms. The largest absolute Gasteiger partial charge is 0.455 e. The molecule has 0 heterocycles. The molecule has 2 aromatic carbocycles. The van der Waals surface area contributed by atoms with Crippen LogP contribution in [0, 0.1) is 11.3 Å². The SMILES string of the molecule is N#Cc1ccccc1NC(=O)COC(=O)C[C@@H](NC(N)=O)c1ccccc1Cl. The summed E-state index contributed by atoms with van der Waals surface area (Å²) in [5.41, 5.74) is 6.25. The maximum absolute atomic E-state index is 12.1. The minimum Gasteiger partial charge on any atom is -0.455 e. The molecule has 9 heteroatoms. The highest BCUT2D eigenvalue weighted by Crippen LogP contribution is 2.25. The van der Waals surface area contributed by atoms with Crippen LogP contribution in [0.2, 0.25) is 5.02 Å². The zero-order valence-electron chi connectivity index (χ0n) is 14.6. The van der Waals surface area contributed by atoms with E-state index in [4.69, 9.17) is 27.3 Å². The van der Waals surface area contributed by atoms with Crippen molar-refractivity contribution in [3.8, 4) is 6.07 Å². The maximum Gasteiger partial charge on any atom is 0.312 e. The zero-order valence-corrected chi connectivity index (χ0v) is 15.4. The van der Waals surface area contributed by atoms with Crippen molar-refractivity contribution >= 4 is 35.2 Å². The number of esters is 1. The van der Waals surface area contributed by atoms with Gasteiger partial charge in [-0.1, -0.05) is 41.9 Å². The van der Waals surface area contributed by atoms with Crippen molar-refractivity contribution in [1.29, 1.82) is 5.26 Å². The fraction of sp³-hybridized carbons (Fsp3) is 0.158. The Morgan fingerprint density at radius 1 is 1.14 bits per heavy atom. The van der Waals surface area contributed by atoms with Gasteiger partial charge in [-0.05, 0) is 23.8 Å². The molecule has 4 N–H and O–H groups in total. The third-order valence-corrected chi connectivity index (χ3v) is 4.00. The quantitative estimate of drug-likeness (QED) is 0.614. The van der Waals surface area contributed by atoms with Crippen LogP contribution in [0.4, 0.5) is 10.5 Å². The molecule has 2 rings (SSSR count). The van der Waals surface area contributed by atoms with Gasteiger partial charge in [0.2, 0.25) is 0 Å². The third kappa shape index (κ3) is 6.00. The van der Waals surface area contributed by atoms with Crippen LogP contribution in [0.15, 0.2) is 48.5 Å². The van der Waals surface area contributed by atoms with Crippen molar-refractivity contribution in [3.05, 3.63) is 64.7 Å². The molecule has 0 saturated heterocycles. The number of hydrogen-bond donors (Lipinski definition) is 3. The predicted molar refractivity (Wildman–Crippen MR) is 102 cm³/mol. The molecule has 2 aromatic rings. The summed E-state index contributed by atoms with van der Waals surface area (Å²) >= 11 is 6.10. The Bertz CT molecular complexity index is 926. The number of nitriles is 1. The Hall–Kier alpha value is -3.57. The number of hydrogen-bond acceptors (Lipinski definition) is 5. The Morgan fingerprint density at radius 2 is 1.82 bits per heavy atom. The molecular formula is C19H17ClN4O4. The molecule has 1 atom stereocenters. The van der Waals surface area contributed by atoms with Crippen LogP contribution in [0.3, 0.4) is 0 Å². The maximum atomic E-state index is 12.1. The number of ether oxygens (including phenoxy) is 1. The lowest BCUT2D eigenvalue weighted by molar-refractivity contribution is -0.147. The minimum absolute atomic E-state index is 0.269. The van der Waals surface area contributed by atoms with Gasteiger partial charge >= 0.3 is 12.0 Å². The van der Waals surface area contributed by atoms with E-state index >= 15 is 0 Å². The van der Waals surface area contributed by atoms with Gasteiger partial charge in [0.25, 0.3) is 5.91 Å². The molecule has 0 radical (unpaired) electrons. The van der Waals surface area contributed by atoms with E-state index in [1.165, 1.54) is 0 Å². The molecule has 0 aromatic heterocycles. The van der Waals surface area contributed by atoms with E-state index in [2.05, 4.69) is 10.6 Å². The number of benzene rings is 2. The van der Waals surface area contributed by atoms with Crippen LogP contribution in [-0.2, 0) is 14.3 Å². The first-order valence-electron chi connectivity index (χ1n) is 8.15. The van der Waals surface area contributed by atoms with Gasteiger partial charge in [0.15, 0.2) is 6.61 Å². The first kappa shape index (κ1) is 20.7. The Labute approximate surface area is 166 Å². The Balaban J connectivity index is 1.95. The second-order valence-electron chi connectivity index (χ2n) is 5.65. The van der Waals surface area contributed by atoms with Gasteiger partial charge in [0.05, 0.1) is 23.7 Å². The normalized spacial score (nSPS) is 11.0. The molecular weight excluding hydrogens is 384 g/mol. The van der Waals surface area contributed by atoms with Gasteiger partial charge < -0.3 is 21.1 Å². The van der Waals surface area contributed by atoms with Crippen molar-refractivity contribution < 1.29 is 19.1 Å². The number of amides is 3. The van der Waals surface area contributed by atoms with E-state index in [1.54, 1.807) is 48.5 Å². The fourth-order valence-electron chi connectivity index (χ4n) is 2.42. The molecule has 0 spiro atoms. The van der Waals surface area contributed by atoms with Crippen LogP contribution in [0.1, 0.15) is 23.6 Å². The first-order valence-corrected chi connectivity index (χ1v) is 8.53. The molecule has 8 nitrogen and oxygen atoms in total. The molecule has 144 valence electrons. The van der Waals surface area contributed by atoms with Gasteiger partial charge in [-0.25, -0.2) is 4.79 Å². The van der Waals surface area contributed by atoms with E-state index in [9.17, 15) is 14.4 Å². The second kappa shape index (κ2) is 9.94. The van der Waals surface area contributed by atoms with E-state index < -0.39 is 30.6 Å². The number of para-hydroxylation sites is 1. The van der Waals surface area contributed by atoms with Crippen LogP contribution >= 0.6 is 11.6 Å². The van der Waals surface area contributed by atoms with Crippen molar-refractivity contribution in [2.75, 3.05) is 11.9 Å². The summed E-state index contributed by atoms with van der Waals surface area (Å²) in [4.78, 5) is 35.3. The second-order valence-corrected chi connectivity index (χ2v) is 6.06. The topological polar surface area (TPSA) is 134 Å². The fourth-order valence-corrected chi connectivity index (χ4v) is 2.68. The number of urea groups is 1. The number of carbonyl (C=O) groups excluding carboxylic acids is 3. The lowest BCUT2D eigenvalue weighted by Crippen LogP contribution is -2.35. The molecule has 0 aliphatic heterocycles. The standard InChI is InChI=1S/C19H17ClN4O4/c20-14-7-3-2-6-13(14)16(24-19(22)27)9-18(26)28-11-17(25)23-15-8-4-1-5-12(15)10-21/h1-8,16H,9,11H2,(H,23,25)(H3,22,24,27)/t16-/m1/s1. The third-order valence-electron chi connectivity index (χ3n) is 3.65. The van der Waals surface area contributed by atoms with E-state index in [1.807, 2.05) is 6.07 Å². The number of primary amides is 1. The average molecular weight is 401 g/mol. The molecule has 0 bridgehead atoms. The number of anilines is 1. The smallest absolute Gasteiger partial charge is 0.312 e. The summed E-state index contributed by atoms with van der Waals surface area (Å²) in [6.07, 6.45) is -0.269. The summed E-state index contributed by atoms with van der Waals surface area (Å²) < 4.78 is 4.95.